The molecule has 0 amide bonds. The van der Waals surface area contributed by atoms with Gasteiger partial charge in [-0.3, -0.25) is 0 Å². The van der Waals surface area contributed by atoms with Crippen LogP contribution < -0.4 is 0 Å². The standard InChI is InChI=1S/C10H15.2CH3.Zr/c1-6-7(2)9(4)10(5)8(6)3;;;/h7H,1H2,2-5H3;2*1H3;/q3*-1;+3. The molecule has 0 nitrogen and oxygen atoms in total. The van der Waals surface area contributed by atoms with E-state index < -0.39 is 0 Å². The quantitative estimate of drug-likeness (QED) is 0.574. The fraction of sp³-hybridized carbons (Fsp3) is 0.417. The molecule has 73 valence electrons. The fourth-order valence-corrected chi connectivity index (χ4v) is 1.45. The first-order valence-electron chi connectivity index (χ1n) is 3.76. The van der Waals surface area contributed by atoms with E-state index in [-0.39, 0.29) is 41.1 Å². The Morgan fingerprint density at radius 2 is 1.38 bits per heavy atom. The summed E-state index contributed by atoms with van der Waals surface area (Å²) in [6.45, 7) is 12.8. The van der Waals surface area contributed by atoms with Crippen LogP contribution in [0.1, 0.15) is 27.7 Å². The van der Waals surface area contributed by atoms with Crippen LogP contribution in [0.4, 0.5) is 0 Å². The minimum Gasteiger partial charge on any atom is -0.358 e. The van der Waals surface area contributed by atoms with Crippen LogP contribution in [0.5, 0.6) is 0 Å². The third-order valence-corrected chi connectivity index (χ3v) is 2.81. The molecule has 1 aliphatic carbocycles. The van der Waals surface area contributed by atoms with E-state index in [4.69, 9.17) is 0 Å². The van der Waals surface area contributed by atoms with Gasteiger partial charge in [0.1, 0.15) is 0 Å². The van der Waals surface area contributed by atoms with Gasteiger partial charge in [-0.15, -0.1) is 12.5 Å². The van der Waals surface area contributed by atoms with Crippen molar-refractivity contribution in [3.63, 3.8) is 0 Å². The molecule has 0 aromatic carbocycles. The Kier molecular flexibility index (Phi) is 9.68. The van der Waals surface area contributed by atoms with E-state index in [1.54, 1.807) is 0 Å². The van der Waals surface area contributed by atoms with Crippen LogP contribution in [-0.2, 0) is 26.2 Å². The minimum atomic E-state index is 0. The zero-order chi connectivity index (χ0) is 7.89. The first kappa shape index (κ1) is 18.9. The third kappa shape index (κ3) is 3.13. The zero-order valence-electron chi connectivity index (χ0n) is 9.78. The summed E-state index contributed by atoms with van der Waals surface area (Å²) in [4.78, 5) is 0. The van der Waals surface area contributed by atoms with Crippen molar-refractivity contribution in [2.24, 2.45) is 5.92 Å². The molecule has 0 spiro atoms. The van der Waals surface area contributed by atoms with E-state index in [9.17, 15) is 0 Å². The molecule has 0 bridgehead atoms. The van der Waals surface area contributed by atoms with Crippen LogP contribution in [0.25, 0.3) is 0 Å². The molecule has 0 aromatic heterocycles. The van der Waals surface area contributed by atoms with Crippen molar-refractivity contribution in [1.29, 1.82) is 0 Å². The van der Waals surface area contributed by atoms with Crippen LogP contribution >= 0.6 is 0 Å². The maximum atomic E-state index is 4.04. The summed E-state index contributed by atoms with van der Waals surface area (Å²) in [6, 6.07) is 0. The van der Waals surface area contributed by atoms with Crippen molar-refractivity contribution >= 4 is 0 Å². The van der Waals surface area contributed by atoms with E-state index in [0.29, 0.717) is 5.92 Å². The Bertz CT molecular complexity index is 197. The van der Waals surface area contributed by atoms with Crippen molar-refractivity contribution in [1.82, 2.24) is 0 Å². The predicted molar refractivity (Wildman–Crippen MR) is 58.4 cm³/mol. The van der Waals surface area contributed by atoms with Crippen molar-refractivity contribution in [2.45, 2.75) is 27.7 Å². The second kappa shape index (κ2) is 6.65. The summed E-state index contributed by atoms with van der Waals surface area (Å²) < 4.78 is 0. The normalized spacial score (nSPS) is 20.5. The van der Waals surface area contributed by atoms with Crippen LogP contribution in [0, 0.1) is 27.7 Å². The average Bonchev–Trinajstić information content (AvgIpc) is 2.07. The van der Waals surface area contributed by atoms with Crippen molar-refractivity contribution in [2.75, 3.05) is 0 Å². The monoisotopic (exact) mass is 255 g/mol. The average molecular weight is 257 g/mol. The summed E-state index contributed by atoms with van der Waals surface area (Å²) in [5, 5.41) is 0. The first-order chi connectivity index (χ1) is 4.55. The summed E-state index contributed by atoms with van der Waals surface area (Å²) in [7, 11) is 0. The number of hydrogen-bond acceptors (Lipinski definition) is 0. The largest absolute Gasteiger partial charge is 3.00 e. The van der Waals surface area contributed by atoms with Gasteiger partial charge in [0.15, 0.2) is 0 Å². The van der Waals surface area contributed by atoms with Crippen molar-refractivity contribution in [3.8, 4) is 0 Å². The molecule has 1 heteroatoms. The summed E-state index contributed by atoms with van der Waals surface area (Å²) in [5.74, 6) is 0.583. The van der Waals surface area contributed by atoms with Crippen molar-refractivity contribution in [3.05, 3.63) is 44.1 Å². The molecule has 1 unspecified atom stereocenters. The van der Waals surface area contributed by atoms with Crippen molar-refractivity contribution < 1.29 is 26.2 Å². The SMILES string of the molecule is [CH2-]C1=C(C)C(C)=C(C)C1C.[CH3-].[CH3-].[Zr+3]. The molecule has 1 rings (SSSR count). The van der Waals surface area contributed by atoms with E-state index in [1.165, 1.54) is 22.3 Å². The van der Waals surface area contributed by atoms with Gasteiger partial charge in [-0.25, -0.2) is 12.5 Å². The Balaban J connectivity index is -0.000000333. The fourth-order valence-electron chi connectivity index (χ4n) is 1.45. The van der Waals surface area contributed by atoms with Gasteiger partial charge in [0.2, 0.25) is 0 Å². The van der Waals surface area contributed by atoms with Gasteiger partial charge in [-0.1, -0.05) is 19.4 Å². The molecule has 0 fully saturated rings. The van der Waals surface area contributed by atoms with Gasteiger partial charge in [0.05, 0.1) is 0 Å². The second-order valence-electron chi connectivity index (χ2n) is 3.18. The van der Waals surface area contributed by atoms with E-state index in [2.05, 4.69) is 34.6 Å². The molecule has 1 radical (unpaired) electrons. The van der Waals surface area contributed by atoms with Gasteiger partial charge in [0, 0.05) is 0 Å². The second-order valence-corrected chi connectivity index (χ2v) is 3.18. The number of allylic oxidation sites excluding steroid dienone is 4. The molecule has 13 heavy (non-hydrogen) atoms. The third-order valence-electron chi connectivity index (χ3n) is 2.81. The molecule has 0 heterocycles. The maximum absolute atomic E-state index is 4.04. The Morgan fingerprint density at radius 1 is 1.00 bits per heavy atom. The van der Waals surface area contributed by atoms with Gasteiger partial charge in [-0.05, 0) is 12.8 Å². The summed E-state index contributed by atoms with van der Waals surface area (Å²) >= 11 is 0. The molecule has 0 aliphatic heterocycles. The van der Waals surface area contributed by atoms with E-state index in [0.717, 1.165) is 0 Å². The summed E-state index contributed by atoms with van der Waals surface area (Å²) in [6.07, 6.45) is 0. The Morgan fingerprint density at radius 3 is 1.46 bits per heavy atom. The minimum absolute atomic E-state index is 0. The molecule has 0 aromatic rings. The van der Waals surface area contributed by atoms with E-state index >= 15 is 0 Å². The number of hydrogen-bond donors (Lipinski definition) is 0. The first-order valence-corrected chi connectivity index (χ1v) is 3.76. The molecular formula is C12H21Zr. The zero-order valence-corrected chi connectivity index (χ0v) is 12.2. The van der Waals surface area contributed by atoms with Gasteiger partial charge in [0.25, 0.3) is 0 Å². The molecule has 1 aliphatic rings. The predicted octanol–water partition coefficient (Wildman–Crippen LogP) is 4.02. The molecule has 1 atom stereocenters. The molecular weight excluding hydrogens is 235 g/mol. The summed E-state index contributed by atoms with van der Waals surface area (Å²) in [5.41, 5.74) is 5.62. The Hall–Kier alpha value is 0.233. The van der Waals surface area contributed by atoms with Crippen LogP contribution in [0.3, 0.4) is 0 Å². The van der Waals surface area contributed by atoms with Gasteiger partial charge in [-0.2, -0.15) is 5.57 Å². The van der Waals surface area contributed by atoms with Crippen LogP contribution in [-0.4, -0.2) is 0 Å². The Labute approximate surface area is 104 Å². The topological polar surface area (TPSA) is 0 Å². The van der Waals surface area contributed by atoms with Gasteiger partial charge < -0.3 is 14.9 Å². The molecule has 0 saturated heterocycles. The van der Waals surface area contributed by atoms with E-state index in [1.807, 2.05) is 0 Å². The molecule has 0 saturated carbocycles. The maximum Gasteiger partial charge on any atom is 3.00 e. The number of rotatable bonds is 0. The van der Waals surface area contributed by atoms with Crippen LogP contribution in [0.2, 0.25) is 0 Å². The molecule has 0 N–H and O–H groups in total. The smallest absolute Gasteiger partial charge is 0.358 e. The van der Waals surface area contributed by atoms with Crippen LogP contribution in [0.15, 0.2) is 22.3 Å². The van der Waals surface area contributed by atoms with Gasteiger partial charge >= 0.3 is 26.2 Å².